The maximum absolute atomic E-state index is 6.00. The molecular formula is C18H23N3O2. The zero-order valence-corrected chi connectivity index (χ0v) is 13.7. The summed E-state index contributed by atoms with van der Waals surface area (Å²) in [6, 6.07) is 7.95. The molecule has 0 saturated carbocycles. The molecule has 1 saturated heterocycles. The van der Waals surface area contributed by atoms with Crippen LogP contribution < -0.4 is 10.1 Å². The van der Waals surface area contributed by atoms with Gasteiger partial charge in [-0.25, -0.2) is 4.99 Å². The van der Waals surface area contributed by atoms with Gasteiger partial charge in [-0.05, 0) is 26.0 Å². The number of aliphatic imine (C=N–C) groups is 1. The second-order valence-corrected chi connectivity index (χ2v) is 5.53. The zero-order chi connectivity index (χ0) is 16.1. The molecule has 0 spiro atoms. The molecule has 0 radical (unpaired) electrons. The van der Waals surface area contributed by atoms with Gasteiger partial charge in [-0.15, -0.1) is 0 Å². The Morgan fingerprint density at radius 3 is 2.83 bits per heavy atom. The second-order valence-electron chi connectivity index (χ2n) is 5.53. The first-order chi connectivity index (χ1) is 11.3. The molecule has 122 valence electrons. The van der Waals surface area contributed by atoms with E-state index in [0.29, 0.717) is 6.61 Å². The van der Waals surface area contributed by atoms with Gasteiger partial charge in [0.1, 0.15) is 18.2 Å². The number of benzene rings is 1. The molecule has 2 heterocycles. The van der Waals surface area contributed by atoms with Crippen molar-refractivity contribution in [1.29, 1.82) is 0 Å². The van der Waals surface area contributed by atoms with Gasteiger partial charge in [0.05, 0.1) is 24.5 Å². The topological polar surface area (TPSA) is 46.1 Å². The van der Waals surface area contributed by atoms with E-state index in [4.69, 9.17) is 9.47 Å². The minimum Gasteiger partial charge on any atom is -0.487 e. The maximum Gasteiger partial charge on any atom is 0.143 e. The number of morpholine rings is 1. The standard InChI is InChI=1S/C18H23N3O2/c1-3-8-19-18-15(14(2)21-9-11-22-12-10-21)13-23-17-7-5-4-6-16(17)20-18/h3-8H,9-13H2,1-2H3,(H,19,20)/b8-3-,15-14+. The second kappa shape index (κ2) is 7.33. The van der Waals surface area contributed by atoms with E-state index >= 15 is 0 Å². The van der Waals surface area contributed by atoms with Gasteiger partial charge < -0.3 is 19.7 Å². The average Bonchev–Trinajstić information content (AvgIpc) is 2.79. The number of nitrogens with zero attached hydrogens (tertiary/aromatic N) is 2. The van der Waals surface area contributed by atoms with Crippen LogP contribution in [0, 0.1) is 0 Å². The summed E-state index contributed by atoms with van der Waals surface area (Å²) in [6.45, 7) is 7.93. The Bertz CT molecular complexity index is 643. The number of anilines is 1. The lowest BCUT2D eigenvalue weighted by molar-refractivity contribution is 0.0532. The number of ether oxygens (including phenoxy) is 2. The SMILES string of the molecule is C\C=C/N=C1/Nc2ccccc2OC/C1=C(/C)N1CCOCC1. The molecule has 23 heavy (non-hydrogen) atoms. The molecular weight excluding hydrogens is 290 g/mol. The summed E-state index contributed by atoms with van der Waals surface area (Å²) in [5, 5.41) is 3.42. The van der Waals surface area contributed by atoms with E-state index in [0.717, 1.165) is 49.1 Å². The van der Waals surface area contributed by atoms with Gasteiger partial charge in [-0.3, -0.25) is 0 Å². The third-order valence-electron chi connectivity index (χ3n) is 4.07. The first kappa shape index (κ1) is 15.6. The van der Waals surface area contributed by atoms with Crippen LogP contribution in [-0.2, 0) is 4.74 Å². The largest absolute Gasteiger partial charge is 0.487 e. The molecule has 5 heteroatoms. The number of amidine groups is 1. The van der Waals surface area contributed by atoms with Crippen LogP contribution in [0.15, 0.2) is 52.8 Å². The molecule has 0 unspecified atom stereocenters. The number of para-hydroxylation sites is 2. The first-order valence-electron chi connectivity index (χ1n) is 8.00. The Morgan fingerprint density at radius 1 is 1.26 bits per heavy atom. The predicted octanol–water partition coefficient (Wildman–Crippen LogP) is 3.03. The molecule has 1 aromatic rings. The van der Waals surface area contributed by atoms with Crippen molar-refractivity contribution in [3.05, 3.63) is 47.8 Å². The fourth-order valence-electron chi connectivity index (χ4n) is 2.74. The number of fused-ring (bicyclic) bond motifs is 1. The van der Waals surface area contributed by atoms with Crippen LogP contribution in [0.1, 0.15) is 13.8 Å². The Kier molecular flexibility index (Phi) is 4.98. The number of hydrogen-bond acceptors (Lipinski definition) is 4. The van der Waals surface area contributed by atoms with E-state index in [-0.39, 0.29) is 0 Å². The van der Waals surface area contributed by atoms with Crippen molar-refractivity contribution >= 4 is 11.5 Å². The van der Waals surface area contributed by atoms with Crippen molar-refractivity contribution in [2.45, 2.75) is 13.8 Å². The van der Waals surface area contributed by atoms with Crippen LogP contribution in [0.2, 0.25) is 0 Å². The summed E-state index contributed by atoms with van der Waals surface area (Å²) in [4.78, 5) is 6.93. The highest BCUT2D eigenvalue weighted by Gasteiger charge is 2.22. The lowest BCUT2D eigenvalue weighted by Gasteiger charge is -2.31. The van der Waals surface area contributed by atoms with Crippen molar-refractivity contribution < 1.29 is 9.47 Å². The maximum atomic E-state index is 6.00. The summed E-state index contributed by atoms with van der Waals surface area (Å²) >= 11 is 0. The number of allylic oxidation sites excluding steroid dienone is 2. The molecule has 0 atom stereocenters. The van der Waals surface area contributed by atoms with Crippen molar-refractivity contribution in [3.8, 4) is 5.75 Å². The number of rotatable bonds is 2. The summed E-state index contributed by atoms with van der Waals surface area (Å²) in [6.07, 6.45) is 3.73. The molecule has 3 rings (SSSR count). The minimum atomic E-state index is 0.504. The monoisotopic (exact) mass is 313 g/mol. The summed E-state index contributed by atoms with van der Waals surface area (Å²) in [5.74, 6) is 1.70. The Morgan fingerprint density at radius 2 is 2.04 bits per heavy atom. The average molecular weight is 313 g/mol. The smallest absolute Gasteiger partial charge is 0.143 e. The summed E-state index contributed by atoms with van der Waals surface area (Å²) in [7, 11) is 0. The van der Waals surface area contributed by atoms with Gasteiger partial charge in [-0.1, -0.05) is 18.2 Å². The van der Waals surface area contributed by atoms with Crippen LogP contribution in [0.25, 0.3) is 0 Å². The van der Waals surface area contributed by atoms with Crippen LogP contribution in [0.5, 0.6) is 5.75 Å². The summed E-state index contributed by atoms with van der Waals surface area (Å²) in [5.41, 5.74) is 3.22. The van der Waals surface area contributed by atoms with Gasteiger partial charge in [-0.2, -0.15) is 0 Å². The minimum absolute atomic E-state index is 0.504. The van der Waals surface area contributed by atoms with Crippen molar-refractivity contribution in [1.82, 2.24) is 4.90 Å². The number of nitrogens with one attached hydrogen (secondary N) is 1. The van der Waals surface area contributed by atoms with E-state index in [1.807, 2.05) is 43.5 Å². The normalized spacial score (nSPS) is 22.3. The molecule has 1 fully saturated rings. The van der Waals surface area contributed by atoms with Crippen molar-refractivity contribution in [3.63, 3.8) is 0 Å². The first-order valence-corrected chi connectivity index (χ1v) is 8.00. The lowest BCUT2D eigenvalue weighted by Crippen LogP contribution is -2.37. The molecule has 0 bridgehead atoms. The van der Waals surface area contributed by atoms with Gasteiger partial charge in [0, 0.05) is 25.0 Å². The highest BCUT2D eigenvalue weighted by molar-refractivity contribution is 6.10. The van der Waals surface area contributed by atoms with Gasteiger partial charge in [0.25, 0.3) is 0 Å². The fourth-order valence-corrected chi connectivity index (χ4v) is 2.74. The Hall–Kier alpha value is -2.27. The zero-order valence-electron chi connectivity index (χ0n) is 13.7. The number of hydrogen-bond donors (Lipinski definition) is 1. The lowest BCUT2D eigenvalue weighted by atomic mass is 10.1. The molecule has 2 aliphatic rings. The molecule has 0 aliphatic carbocycles. The van der Waals surface area contributed by atoms with Crippen molar-refractivity contribution in [2.24, 2.45) is 4.99 Å². The fraction of sp³-hybridized carbons (Fsp3) is 0.389. The molecule has 1 aromatic carbocycles. The predicted molar refractivity (Wildman–Crippen MR) is 92.9 cm³/mol. The van der Waals surface area contributed by atoms with E-state index in [9.17, 15) is 0 Å². The van der Waals surface area contributed by atoms with Gasteiger partial charge in [0.15, 0.2) is 0 Å². The van der Waals surface area contributed by atoms with Crippen LogP contribution in [-0.4, -0.2) is 43.6 Å². The van der Waals surface area contributed by atoms with E-state index in [1.54, 1.807) is 0 Å². The molecule has 5 nitrogen and oxygen atoms in total. The highest BCUT2D eigenvalue weighted by Crippen LogP contribution is 2.29. The molecule has 0 amide bonds. The summed E-state index contributed by atoms with van der Waals surface area (Å²) < 4.78 is 11.5. The van der Waals surface area contributed by atoms with E-state index in [2.05, 4.69) is 22.1 Å². The van der Waals surface area contributed by atoms with E-state index < -0.39 is 0 Å². The van der Waals surface area contributed by atoms with Crippen LogP contribution >= 0.6 is 0 Å². The highest BCUT2D eigenvalue weighted by atomic mass is 16.5. The molecule has 0 aromatic heterocycles. The quantitative estimate of drug-likeness (QED) is 0.911. The Labute approximate surface area is 137 Å². The van der Waals surface area contributed by atoms with E-state index in [1.165, 1.54) is 5.70 Å². The molecule has 2 aliphatic heterocycles. The van der Waals surface area contributed by atoms with Crippen molar-refractivity contribution in [2.75, 3.05) is 38.2 Å². The van der Waals surface area contributed by atoms with Crippen LogP contribution in [0.4, 0.5) is 5.69 Å². The third-order valence-corrected chi connectivity index (χ3v) is 4.07. The molecule has 1 N–H and O–H groups in total. The third kappa shape index (κ3) is 3.56. The van der Waals surface area contributed by atoms with Gasteiger partial charge >= 0.3 is 0 Å². The Balaban J connectivity index is 1.97. The van der Waals surface area contributed by atoms with Gasteiger partial charge in [0.2, 0.25) is 0 Å². The van der Waals surface area contributed by atoms with Crippen LogP contribution in [0.3, 0.4) is 0 Å².